The monoisotopic (exact) mass is 1200 g/mol. The average Bonchev–Trinajstić information content (AvgIpc) is 3.54. The number of unbranched alkanes of at least 4 members (excludes halogenated alkanes) is 49. The predicted octanol–water partition coefficient (Wildman–Crippen LogP) is 26.8. The summed E-state index contributed by atoms with van der Waals surface area (Å²) in [4.78, 5) is 24.7. The number of allylic oxidation sites excluding steroid dienone is 14. The Labute approximate surface area is 536 Å². The van der Waals surface area contributed by atoms with Crippen LogP contribution in [-0.4, -0.2) is 36.4 Å². The van der Waals surface area contributed by atoms with Crippen LogP contribution in [0.5, 0.6) is 0 Å². The first-order valence-corrected chi connectivity index (χ1v) is 38.1. The van der Waals surface area contributed by atoms with E-state index in [9.17, 15) is 14.7 Å². The van der Waals surface area contributed by atoms with Crippen molar-refractivity contribution in [2.45, 2.75) is 405 Å². The fourth-order valence-corrected chi connectivity index (χ4v) is 11.5. The van der Waals surface area contributed by atoms with Crippen LogP contribution < -0.4 is 0 Å². The molecule has 0 saturated heterocycles. The Hall–Kier alpha value is -2.92. The molecule has 5 nitrogen and oxygen atoms in total. The molecule has 0 heterocycles. The largest absolute Gasteiger partial charge is 0.462 e. The highest BCUT2D eigenvalue weighted by Gasteiger charge is 2.16. The third kappa shape index (κ3) is 73.5. The van der Waals surface area contributed by atoms with Gasteiger partial charge < -0.3 is 14.6 Å². The summed E-state index contributed by atoms with van der Waals surface area (Å²) < 4.78 is 10.8. The molecule has 500 valence electrons. The van der Waals surface area contributed by atoms with Crippen molar-refractivity contribution in [3.63, 3.8) is 0 Å². The fraction of sp³-hybridized carbons (Fsp3) is 0.802. The van der Waals surface area contributed by atoms with Gasteiger partial charge in [-0.15, -0.1) is 0 Å². The average molecular weight is 1200 g/mol. The van der Waals surface area contributed by atoms with Gasteiger partial charge >= 0.3 is 11.9 Å². The fourth-order valence-electron chi connectivity index (χ4n) is 11.5. The SMILES string of the molecule is CC/C=C\C/C=C\C/C=C\C/C=C\CCCCCCCCCCCCCCCCCCCCCCCCCCCCCCC(=O)OC(CO)COC(=O)CCCCCCCCCCCCCCCCCC/C=C\C/C=C\C/C=C\CCCCCCC. The van der Waals surface area contributed by atoms with Gasteiger partial charge in [0.1, 0.15) is 6.61 Å². The van der Waals surface area contributed by atoms with E-state index in [1.165, 1.54) is 295 Å². The van der Waals surface area contributed by atoms with Crippen molar-refractivity contribution in [1.29, 1.82) is 0 Å². The third-order valence-electron chi connectivity index (χ3n) is 17.2. The van der Waals surface area contributed by atoms with Gasteiger partial charge in [-0.25, -0.2) is 0 Å². The summed E-state index contributed by atoms with van der Waals surface area (Å²) >= 11 is 0. The Morgan fingerprint density at radius 1 is 0.279 bits per heavy atom. The minimum atomic E-state index is -0.773. The van der Waals surface area contributed by atoms with Crippen LogP contribution in [0, 0.1) is 0 Å². The number of ether oxygens (including phenoxy) is 2. The second-order valence-electron chi connectivity index (χ2n) is 25.7. The topological polar surface area (TPSA) is 72.8 Å². The van der Waals surface area contributed by atoms with Gasteiger partial charge in [-0.3, -0.25) is 9.59 Å². The van der Waals surface area contributed by atoms with Crippen LogP contribution in [0.3, 0.4) is 0 Å². The van der Waals surface area contributed by atoms with Crippen molar-refractivity contribution in [2.75, 3.05) is 13.2 Å². The van der Waals surface area contributed by atoms with Gasteiger partial charge in [-0.2, -0.15) is 0 Å². The smallest absolute Gasteiger partial charge is 0.306 e. The van der Waals surface area contributed by atoms with Gasteiger partial charge in [0.15, 0.2) is 6.10 Å². The first kappa shape index (κ1) is 83.1. The molecule has 0 aromatic rings. The third-order valence-corrected chi connectivity index (χ3v) is 17.2. The van der Waals surface area contributed by atoms with E-state index in [1.807, 2.05) is 0 Å². The maximum atomic E-state index is 12.4. The number of aliphatic hydroxyl groups is 1. The van der Waals surface area contributed by atoms with Crippen LogP contribution >= 0.6 is 0 Å². The van der Waals surface area contributed by atoms with E-state index in [2.05, 4.69) is 98.9 Å². The molecular weight excluding hydrogens is 1050 g/mol. The summed E-state index contributed by atoms with van der Waals surface area (Å²) in [5.41, 5.74) is 0. The zero-order valence-electron chi connectivity index (χ0n) is 57.6. The first-order valence-electron chi connectivity index (χ1n) is 38.1. The van der Waals surface area contributed by atoms with E-state index in [0.29, 0.717) is 12.8 Å². The molecule has 1 N–H and O–H groups in total. The molecule has 5 heteroatoms. The lowest BCUT2D eigenvalue weighted by Crippen LogP contribution is -2.28. The Balaban J connectivity index is 3.39. The van der Waals surface area contributed by atoms with Crippen LogP contribution in [0.2, 0.25) is 0 Å². The zero-order valence-corrected chi connectivity index (χ0v) is 57.6. The van der Waals surface area contributed by atoms with Gasteiger partial charge in [0.05, 0.1) is 6.61 Å². The number of hydrogen-bond acceptors (Lipinski definition) is 5. The van der Waals surface area contributed by atoms with Gasteiger partial charge in [0.25, 0.3) is 0 Å². The van der Waals surface area contributed by atoms with E-state index in [-0.39, 0.29) is 25.2 Å². The van der Waals surface area contributed by atoms with Crippen molar-refractivity contribution < 1.29 is 24.2 Å². The maximum absolute atomic E-state index is 12.4. The second kappa shape index (κ2) is 76.3. The Kier molecular flexibility index (Phi) is 73.7. The number of esters is 2. The van der Waals surface area contributed by atoms with Crippen molar-refractivity contribution >= 4 is 11.9 Å². The zero-order chi connectivity index (χ0) is 61.9. The summed E-state index contributed by atoms with van der Waals surface area (Å²) in [6.45, 7) is 4.07. The van der Waals surface area contributed by atoms with E-state index in [4.69, 9.17) is 9.47 Å². The van der Waals surface area contributed by atoms with Crippen molar-refractivity contribution in [1.82, 2.24) is 0 Å². The maximum Gasteiger partial charge on any atom is 0.306 e. The minimum Gasteiger partial charge on any atom is -0.462 e. The summed E-state index contributed by atoms with van der Waals surface area (Å²) in [5.74, 6) is -0.570. The summed E-state index contributed by atoms with van der Waals surface area (Å²) in [7, 11) is 0. The molecule has 0 aromatic heterocycles. The molecule has 0 aliphatic heterocycles. The van der Waals surface area contributed by atoms with Gasteiger partial charge in [0, 0.05) is 12.8 Å². The standard InChI is InChI=1S/C81H146O5/c1-3-5-7-9-11-13-15-17-19-21-23-25-27-29-31-33-35-36-37-38-39-40-41-42-43-44-46-48-50-52-54-56-58-60-62-64-66-68-70-72-74-76-81(84)86-79(77-82)78-85-80(83)75-73-71-69-67-65-63-61-59-57-55-53-51-49-47-45-34-32-30-28-26-24-22-20-18-16-14-12-10-8-6-4-2/h5,7,11,13,16-19,22-25,28,30,79,82H,3-4,6,8-10,12,14-15,20-21,26-27,29,31-78H2,1-2H3/b7-5-,13-11-,18-16-,19-17-,24-22-,25-23-,30-28-. The van der Waals surface area contributed by atoms with Gasteiger partial charge in [-0.05, 0) is 89.9 Å². The molecule has 0 fully saturated rings. The molecule has 1 unspecified atom stereocenters. The molecule has 0 aliphatic rings. The Bertz CT molecular complexity index is 1550. The van der Waals surface area contributed by atoms with E-state index in [1.54, 1.807) is 0 Å². The quantitative estimate of drug-likeness (QED) is 0.0373. The predicted molar refractivity (Wildman–Crippen MR) is 380 cm³/mol. The van der Waals surface area contributed by atoms with Crippen LogP contribution in [0.25, 0.3) is 0 Å². The Morgan fingerprint density at radius 2 is 0.500 bits per heavy atom. The van der Waals surface area contributed by atoms with Crippen molar-refractivity contribution in [2.24, 2.45) is 0 Å². The molecule has 0 saturated carbocycles. The highest BCUT2D eigenvalue weighted by Crippen LogP contribution is 2.19. The highest BCUT2D eigenvalue weighted by atomic mass is 16.6. The number of carbonyl (C=O) groups is 2. The highest BCUT2D eigenvalue weighted by molar-refractivity contribution is 5.70. The minimum absolute atomic E-state index is 0.0624. The Morgan fingerprint density at radius 3 is 0.756 bits per heavy atom. The molecule has 86 heavy (non-hydrogen) atoms. The normalized spacial score (nSPS) is 12.6. The molecule has 0 radical (unpaired) electrons. The number of aliphatic hydroxyl groups excluding tert-OH is 1. The summed E-state index contributed by atoms with van der Waals surface area (Å²) in [5, 5.41) is 9.72. The molecule has 0 aromatic carbocycles. The number of rotatable bonds is 71. The molecule has 0 amide bonds. The van der Waals surface area contributed by atoms with Crippen molar-refractivity contribution in [3.8, 4) is 0 Å². The molecule has 1 atom stereocenters. The first-order chi connectivity index (χ1) is 42.6. The second-order valence-corrected chi connectivity index (χ2v) is 25.7. The number of carbonyl (C=O) groups excluding carboxylic acids is 2. The summed E-state index contributed by atoms with van der Waals surface area (Å²) in [6.07, 6.45) is 108. The molecular formula is C81H146O5. The number of hydrogen-bond donors (Lipinski definition) is 1. The van der Waals surface area contributed by atoms with Crippen LogP contribution in [0.1, 0.15) is 399 Å². The molecule has 0 spiro atoms. The summed E-state index contributed by atoms with van der Waals surface area (Å²) in [6, 6.07) is 0. The molecule has 0 aliphatic carbocycles. The molecule has 0 bridgehead atoms. The lowest BCUT2D eigenvalue weighted by Gasteiger charge is -2.15. The van der Waals surface area contributed by atoms with Crippen LogP contribution in [-0.2, 0) is 19.1 Å². The van der Waals surface area contributed by atoms with Crippen molar-refractivity contribution in [3.05, 3.63) is 85.1 Å². The lowest BCUT2D eigenvalue weighted by atomic mass is 10.0. The lowest BCUT2D eigenvalue weighted by molar-refractivity contribution is -0.161. The van der Waals surface area contributed by atoms with E-state index < -0.39 is 6.10 Å². The van der Waals surface area contributed by atoms with Gasteiger partial charge in [0.2, 0.25) is 0 Å². The van der Waals surface area contributed by atoms with E-state index >= 15 is 0 Å². The van der Waals surface area contributed by atoms with Crippen LogP contribution in [0.15, 0.2) is 85.1 Å². The van der Waals surface area contributed by atoms with E-state index in [0.717, 1.165) is 77.0 Å². The van der Waals surface area contributed by atoms with Gasteiger partial charge in [-0.1, -0.05) is 381 Å². The molecule has 0 rings (SSSR count). The van der Waals surface area contributed by atoms with Crippen LogP contribution in [0.4, 0.5) is 0 Å².